The number of alkyl halides is 1. The Morgan fingerprint density at radius 1 is 1.62 bits per heavy atom. The second-order valence-electron chi connectivity index (χ2n) is 1.45. The Labute approximate surface area is 64.1 Å². The third-order valence-corrected chi connectivity index (χ3v) is 3.77. The van der Waals surface area contributed by atoms with Gasteiger partial charge in [-0.2, -0.15) is 0 Å². The van der Waals surface area contributed by atoms with Crippen molar-refractivity contribution in [2.45, 2.75) is 18.6 Å². The summed E-state index contributed by atoms with van der Waals surface area (Å²) < 4.78 is 0. The van der Waals surface area contributed by atoms with Gasteiger partial charge in [-0.25, -0.2) is 0 Å². The minimum Gasteiger partial charge on any atom is -0.125 e. The van der Waals surface area contributed by atoms with E-state index in [1.807, 2.05) is 10.8 Å². The van der Waals surface area contributed by atoms with Gasteiger partial charge in [0.1, 0.15) is 0 Å². The molecule has 3 heteroatoms. The van der Waals surface area contributed by atoms with Crippen molar-refractivity contribution in [3.05, 3.63) is 0 Å². The van der Waals surface area contributed by atoms with Crippen LogP contribution in [0.3, 0.4) is 0 Å². The lowest BCUT2D eigenvalue weighted by Gasteiger charge is -2.05. The Kier molecular flexibility index (Phi) is 6.87. The molecular formula is C5H11ClS2. The van der Waals surface area contributed by atoms with Gasteiger partial charge in [0.05, 0.1) is 0 Å². The Bertz CT molecular complexity index is 45.7. The van der Waals surface area contributed by atoms with Gasteiger partial charge in [-0.15, -0.1) is 11.6 Å². The molecule has 0 spiro atoms. The Morgan fingerprint density at radius 3 is 2.38 bits per heavy atom. The highest BCUT2D eigenvalue weighted by Crippen LogP contribution is 2.26. The fraction of sp³-hybridized carbons (Fsp3) is 1.00. The highest BCUT2D eigenvalue weighted by Gasteiger charge is 2.01. The first kappa shape index (κ1) is 8.99. The number of hydrogen-bond acceptors (Lipinski definition) is 2. The van der Waals surface area contributed by atoms with E-state index >= 15 is 0 Å². The summed E-state index contributed by atoms with van der Waals surface area (Å²) in [6.45, 7) is 2.16. The zero-order valence-electron chi connectivity index (χ0n) is 5.19. The molecule has 0 aliphatic heterocycles. The second kappa shape index (κ2) is 6.12. The van der Waals surface area contributed by atoms with Crippen LogP contribution in [0.4, 0.5) is 0 Å². The zero-order chi connectivity index (χ0) is 6.41. The van der Waals surface area contributed by atoms with Gasteiger partial charge in [-0.05, 0) is 12.7 Å². The molecule has 0 aliphatic carbocycles. The molecular weight excluding hydrogens is 160 g/mol. The smallest absolute Gasteiger partial charge is 0.0350 e. The molecule has 0 saturated carbocycles. The van der Waals surface area contributed by atoms with E-state index in [2.05, 4.69) is 13.2 Å². The second-order valence-corrected chi connectivity index (χ2v) is 4.53. The summed E-state index contributed by atoms with van der Waals surface area (Å²) >= 11 is 5.61. The number of rotatable bonds is 4. The van der Waals surface area contributed by atoms with Crippen molar-refractivity contribution < 1.29 is 0 Å². The van der Waals surface area contributed by atoms with Crippen LogP contribution in [0.15, 0.2) is 0 Å². The van der Waals surface area contributed by atoms with Crippen LogP contribution in [0.25, 0.3) is 0 Å². The van der Waals surface area contributed by atoms with Crippen molar-refractivity contribution in [3.8, 4) is 0 Å². The van der Waals surface area contributed by atoms with E-state index in [1.54, 1.807) is 10.8 Å². The average molecular weight is 171 g/mol. The lowest BCUT2D eigenvalue weighted by Crippen LogP contribution is -1.98. The molecule has 0 aliphatic rings. The van der Waals surface area contributed by atoms with Crippen LogP contribution in [0, 0.1) is 0 Å². The van der Waals surface area contributed by atoms with Gasteiger partial charge < -0.3 is 0 Å². The molecule has 0 rings (SSSR count). The molecule has 1 atom stereocenters. The van der Waals surface area contributed by atoms with E-state index in [1.165, 1.54) is 6.42 Å². The number of halogens is 1. The molecule has 50 valence electrons. The minimum atomic E-state index is 0.645. The van der Waals surface area contributed by atoms with Crippen molar-refractivity contribution in [1.82, 2.24) is 0 Å². The predicted octanol–water partition coefficient (Wildman–Crippen LogP) is 3.02. The van der Waals surface area contributed by atoms with E-state index in [9.17, 15) is 0 Å². The first-order valence-electron chi connectivity index (χ1n) is 2.60. The highest BCUT2D eigenvalue weighted by atomic mass is 35.5. The van der Waals surface area contributed by atoms with Crippen molar-refractivity contribution in [1.29, 1.82) is 0 Å². The molecule has 0 radical (unpaired) electrons. The van der Waals surface area contributed by atoms with Gasteiger partial charge in [0.2, 0.25) is 0 Å². The van der Waals surface area contributed by atoms with Crippen LogP contribution < -0.4 is 0 Å². The standard InChI is InChI=1S/C5H11ClS2/c1-3-5(4-6)8-7-2/h5H,3-4H2,1-2H3. The quantitative estimate of drug-likeness (QED) is 0.470. The topological polar surface area (TPSA) is 0 Å². The Hall–Kier alpha value is 0.990. The molecule has 0 N–H and O–H groups in total. The van der Waals surface area contributed by atoms with Crippen LogP contribution in [-0.4, -0.2) is 17.4 Å². The van der Waals surface area contributed by atoms with Gasteiger partial charge in [-0.3, -0.25) is 0 Å². The van der Waals surface area contributed by atoms with E-state index < -0.39 is 0 Å². The third kappa shape index (κ3) is 3.93. The van der Waals surface area contributed by atoms with Crippen molar-refractivity contribution in [2.24, 2.45) is 0 Å². The SMILES string of the molecule is CCC(CCl)SSC. The maximum absolute atomic E-state index is 5.61. The van der Waals surface area contributed by atoms with E-state index in [0.29, 0.717) is 5.25 Å². The molecule has 8 heavy (non-hydrogen) atoms. The lowest BCUT2D eigenvalue weighted by atomic mass is 10.4. The Balaban J connectivity index is 3.07. The minimum absolute atomic E-state index is 0.645. The van der Waals surface area contributed by atoms with Crippen LogP contribution in [-0.2, 0) is 0 Å². The van der Waals surface area contributed by atoms with Gasteiger partial charge in [0.25, 0.3) is 0 Å². The maximum atomic E-state index is 5.61. The van der Waals surface area contributed by atoms with Crippen LogP contribution in [0.5, 0.6) is 0 Å². The molecule has 0 bridgehead atoms. The summed E-state index contributed by atoms with van der Waals surface area (Å²) in [6.07, 6.45) is 3.26. The molecule has 0 fully saturated rings. The van der Waals surface area contributed by atoms with Crippen LogP contribution >= 0.6 is 33.2 Å². The largest absolute Gasteiger partial charge is 0.125 e. The lowest BCUT2D eigenvalue weighted by molar-refractivity contribution is 0.918. The maximum Gasteiger partial charge on any atom is 0.0350 e. The summed E-state index contributed by atoms with van der Waals surface area (Å²) in [5.41, 5.74) is 0. The van der Waals surface area contributed by atoms with E-state index in [0.717, 1.165) is 5.88 Å². The summed E-state index contributed by atoms with van der Waals surface area (Å²) in [5, 5.41) is 0.645. The third-order valence-electron chi connectivity index (χ3n) is 0.860. The predicted molar refractivity (Wildman–Crippen MR) is 45.9 cm³/mol. The van der Waals surface area contributed by atoms with Gasteiger partial charge >= 0.3 is 0 Å². The van der Waals surface area contributed by atoms with E-state index in [-0.39, 0.29) is 0 Å². The molecule has 1 unspecified atom stereocenters. The van der Waals surface area contributed by atoms with Crippen LogP contribution in [0.1, 0.15) is 13.3 Å². The van der Waals surface area contributed by atoms with Crippen molar-refractivity contribution in [3.63, 3.8) is 0 Å². The molecule has 0 nitrogen and oxygen atoms in total. The normalized spacial score (nSPS) is 13.9. The van der Waals surface area contributed by atoms with Gasteiger partial charge in [-0.1, -0.05) is 28.5 Å². The molecule has 0 aromatic heterocycles. The summed E-state index contributed by atoms with van der Waals surface area (Å²) in [7, 11) is 3.65. The van der Waals surface area contributed by atoms with Crippen molar-refractivity contribution >= 4 is 33.2 Å². The first-order valence-corrected chi connectivity index (χ1v) is 5.76. The summed E-state index contributed by atoms with van der Waals surface area (Å²) in [5.74, 6) is 0.780. The van der Waals surface area contributed by atoms with E-state index in [4.69, 9.17) is 11.6 Å². The first-order chi connectivity index (χ1) is 3.85. The molecule has 0 amide bonds. The molecule has 0 saturated heterocycles. The molecule has 0 heterocycles. The van der Waals surface area contributed by atoms with Crippen molar-refractivity contribution in [2.75, 3.05) is 12.1 Å². The summed E-state index contributed by atoms with van der Waals surface area (Å²) in [4.78, 5) is 0. The van der Waals surface area contributed by atoms with Gasteiger partial charge in [0.15, 0.2) is 0 Å². The Morgan fingerprint density at radius 2 is 2.25 bits per heavy atom. The molecule has 0 aromatic rings. The monoisotopic (exact) mass is 170 g/mol. The highest BCUT2D eigenvalue weighted by molar-refractivity contribution is 8.76. The van der Waals surface area contributed by atoms with Gasteiger partial charge in [0, 0.05) is 11.1 Å². The summed E-state index contributed by atoms with van der Waals surface area (Å²) in [6, 6.07) is 0. The fourth-order valence-electron chi connectivity index (χ4n) is 0.339. The molecule has 0 aromatic carbocycles. The number of hydrogen-bond donors (Lipinski definition) is 0. The van der Waals surface area contributed by atoms with Crippen LogP contribution in [0.2, 0.25) is 0 Å². The zero-order valence-corrected chi connectivity index (χ0v) is 7.57. The average Bonchev–Trinajstić information content (AvgIpc) is 1.83. The fourth-order valence-corrected chi connectivity index (χ4v) is 2.86.